The molecule has 10 heteroatoms. The quantitative estimate of drug-likeness (QED) is 0.402. The van der Waals surface area contributed by atoms with Gasteiger partial charge in [-0.1, -0.05) is 0 Å². The zero-order valence-electron chi connectivity index (χ0n) is 10.9. The number of nitrogens with zero attached hydrogens (tertiary/aromatic N) is 4. The summed E-state index contributed by atoms with van der Waals surface area (Å²) in [5.74, 6) is 0.138. The lowest BCUT2D eigenvalue weighted by Crippen LogP contribution is -2.48. The van der Waals surface area contributed by atoms with Gasteiger partial charge in [-0.05, 0) is 0 Å². The normalized spacial score (nSPS) is 32.9. The van der Waals surface area contributed by atoms with Crippen LogP contribution in [0.25, 0.3) is 11.2 Å². The van der Waals surface area contributed by atoms with E-state index in [1.807, 2.05) is 0 Å². The van der Waals surface area contributed by atoms with E-state index in [4.69, 9.17) is 10.5 Å². The first-order valence-corrected chi connectivity index (χ1v) is 6.25. The molecular weight excluding hydrogens is 282 g/mol. The topological polar surface area (TPSA) is 160 Å². The van der Waals surface area contributed by atoms with E-state index < -0.39 is 37.3 Å². The van der Waals surface area contributed by atoms with Crippen LogP contribution in [-0.2, 0) is 10.5 Å². The molecular formula is C11H15N5O5. The molecule has 1 saturated heterocycles. The van der Waals surface area contributed by atoms with E-state index in [0.717, 1.165) is 0 Å². The molecule has 1 fully saturated rings. The fourth-order valence-corrected chi connectivity index (χ4v) is 2.55. The lowest BCUT2D eigenvalue weighted by atomic mass is 10.0. The van der Waals surface area contributed by atoms with Crippen molar-refractivity contribution in [1.29, 1.82) is 0 Å². The van der Waals surface area contributed by atoms with Crippen LogP contribution in [0.4, 0.5) is 5.82 Å². The summed E-state index contributed by atoms with van der Waals surface area (Å²) in [6.45, 7) is -1.17. The van der Waals surface area contributed by atoms with Crippen molar-refractivity contribution in [2.45, 2.75) is 24.0 Å². The Kier molecular flexibility index (Phi) is 3.26. The van der Waals surface area contributed by atoms with Gasteiger partial charge in [0, 0.05) is 0 Å². The number of aliphatic hydroxyl groups excluding tert-OH is 4. The maximum absolute atomic E-state index is 10.2. The minimum Gasteiger partial charge on any atom is -0.394 e. The number of fused-ring (bicyclic) bond motifs is 1. The largest absolute Gasteiger partial charge is 0.394 e. The smallest absolute Gasteiger partial charge is 0.199 e. The second-order valence-corrected chi connectivity index (χ2v) is 4.82. The molecule has 0 aromatic carbocycles. The maximum atomic E-state index is 10.2. The molecule has 0 radical (unpaired) electrons. The van der Waals surface area contributed by atoms with Crippen molar-refractivity contribution < 1.29 is 25.2 Å². The SMILES string of the molecule is Nc1ncnc2c1ncn2[C@]1(CO)O[C@@H](CO)[C@@H](O)[C@@H]1O. The molecule has 3 heterocycles. The number of hydrogen-bond donors (Lipinski definition) is 5. The van der Waals surface area contributed by atoms with Gasteiger partial charge < -0.3 is 30.9 Å². The number of imidazole rings is 1. The van der Waals surface area contributed by atoms with Gasteiger partial charge in [-0.25, -0.2) is 15.0 Å². The summed E-state index contributed by atoms with van der Waals surface area (Å²) in [4.78, 5) is 11.8. The molecule has 10 nitrogen and oxygen atoms in total. The first-order chi connectivity index (χ1) is 10.0. The summed E-state index contributed by atoms with van der Waals surface area (Å²) < 4.78 is 6.77. The first-order valence-electron chi connectivity index (χ1n) is 6.25. The second-order valence-electron chi connectivity index (χ2n) is 4.82. The van der Waals surface area contributed by atoms with Crippen molar-refractivity contribution in [1.82, 2.24) is 19.5 Å². The summed E-state index contributed by atoms with van der Waals surface area (Å²) in [7, 11) is 0. The zero-order chi connectivity index (χ0) is 15.2. The third-order valence-electron chi connectivity index (χ3n) is 3.70. The van der Waals surface area contributed by atoms with Crippen LogP contribution in [0.3, 0.4) is 0 Å². The number of nitrogens with two attached hydrogens (primary N) is 1. The van der Waals surface area contributed by atoms with Crippen LogP contribution in [0.5, 0.6) is 0 Å². The Balaban J connectivity index is 2.17. The third kappa shape index (κ3) is 1.81. The number of anilines is 1. The average Bonchev–Trinajstić information content (AvgIpc) is 3.03. The lowest BCUT2D eigenvalue weighted by Gasteiger charge is -2.31. The number of rotatable bonds is 3. The molecule has 1 aliphatic heterocycles. The molecule has 0 unspecified atom stereocenters. The highest BCUT2D eigenvalue weighted by Gasteiger charge is 2.55. The molecule has 21 heavy (non-hydrogen) atoms. The summed E-state index contributed by atoms with van der Waals surface area (Å²) in [6, 6.07) is 0. The number of nitrogen functional groups attached to an aromatic ring is 1. The van der Waals surface area contributed by atoms with Crippen molar-refractivity contribution >= 4 is 17.0 Å². The predicted molar refractivity (Wildman–Crippen MR) is 68.8 cm³/mol. The molecule has 4 atom stereocenters. The number of aliphatic hydroxyl groups is 4. The van der Waals surface area contributed by atoms with E-state index in [0.29, 0.717) is 0 Å². The third-order valence-corrected chi connectivity index (χ3v) is 3.70. The van der Waals surface area contributed by atoms with Crippen LogP contribution in [0.1, 0.15) is 0 Å². The van der Waals surface area contributed by atoms with Crippen LogP contribution >= 0.6 is 0 Å². The highest BCUT2D eigenvalue weighted by atomic mass is 16.6. The fraction of sp³-hybridized carbons (Fsp3) is 0.545. The Morgan fingerprint density at radius 1 is 1.29 bits per heavy atom. The molecule has 0 bridgehead atoms. The van der Waals surface area contributed by atoms with E-state index in [2.05, 4.69) is 15.0 Å². The van der Waals surface area contributed by atoms with Gasteiger partial charge in [-0.3, -0.25) is 4.57 Å². The van der Waals surface area contributed by atoms with E-state index in [-0.39, 0.29) is 17.0 Å². The van der Waals surface area contributed by atoms with Crippen molar-refractivity contribution in [3.05, 3.63) is 12.7 Å². The van der Waals surface area contributed by atoms with E-state index in [1.54, 1.807) is 0 Å². The van der Waals surface area contributed by atoms with Crippen LogP contribution in [0.2, 0.25) is 0 Å². The fourth-order valence-electron chi connectivity index (χ4n) is 2.55. The van der Waals surface area contributed by atoms with Gasteiger partial charge in [0.2, 0.25) is 0 Å². The zero-order valence-corrected chi connectivity index (χ0v) is 10.9. The molecule has 6 N–H and O–H groups in total. The molecule has 0 spiro atoms. The highest BCUT2D eigenvalue weighted by molar-refractivity contribution is 5.81. The summed E-state index contributed by atoms with van der Waals surface area (Å²) >= 11 is 0. The van der Waals surface area contributed by atoms with Gasteiger partial charge in [0.25, 0.3) is 0 Å². The molecule has 0 aliphatic carbocycles. The van der Waals surface area contributed by atoms with Gasteiger partial charge >= 0.3 is 0 Å². The molecule has 3 rings (SSSR count). The first kappa shape index (κ1) is 14.1. The Morgan fingerprint density at radius 2 is 2.05 bits per heavy atom. The molecule has 114 valence electrons. The Bertz CT molecular complexity index is 663. The summed E-state index contributed by atoms with van der Waals surface area (Å²) in [6.07, 6.45) is -1.39. The monoisotopic (exact) mass is 297 g/mol. The Morgan fingerprint density at radius 3 is 2.67 bits per heavy atom. The van der Waals surface area contributed by atoms with Gasteiger partial charge in [0.05, 0.1) is 19.5 Å². The standard InChI is InChI=1S/C11H15N5O5/c12-9-6-10(14-3-13-9)16(4-15-6)11(2-18)8(20)7(19)5(1-17)21-11/h3-5,7-8,17-20H,1-2H2,(H2,12,13,14)/t5-,7+,8-,11+/m0/s1. The van der Waals surface area contributed by atoms with Crippen LogP contribution in [0.15, 0.2) is 12.7 Å². The molecule has 1 aliphatic rings. The van der Waals surface area contributed by atoms with Crippen LogP contribution in [-0.4, -0.2) is 71.5 Å². The predicted octanol–water partition coefficient (Wildman–Crippen LogP) is -2.83. The van der Waals surface area contributed by atoms with Gasteiger partial charge in [-0.2, -0.15) is 0 Å². The van der Waals surface area contributed by atoms with Gasteiger partial charge in [0.1, 0.15) is 30.2 Å². The molecule has 0 saturated carbocycles. The molecule has 2 aromatic heterocycles. The number of hydrogen-bond acceptors (Lipinski definition) is 9. The van der Waals surface area contributed by atoms with E-state index >= 15 is 0 Å². The van der Waals surface area contributed by atoms with E-state index in [1.165, 1.54) is 17.2 Å². The molecule has 2 aromatic rings. The average molecular weight is 297 g/mol. The van der Waals surface area contributed by atoms with Crippen LogP contribution in [0, 0.1) is 0 Å². The number of aromatic nitrogens is 4. The van der Waals surface area contributed by atoms with E-state index in [9.17, 15) is 20.4 Å². The minimum absolute atomic E-state index is 0.138. The summed E-state index contributed by atoms with van der Waals surface area (Å²) in [5, 5.41) is 39.1. The Hall–Kier alpha value is -1.85. The van der Waals surface area contributed by atoms with Crippen LogP contribution < -0.4 is 5.73 Å². The summed E-state index contributed by atoms with van der Waals surface area (Å²) in [5.41, 5.74) is 4.50. The van der Waals surface area contributed by atoms with Gasteiger partial charge in [0.15, 0.2) is 17.2 Å². The van der Waals surface area contributed by atoms with Gasteiger partial charge in [-0.15, -0.1) is 0 Å². The highest BCUT2D eigenvalue weighted by Crippen LogP contribution is 2.37. The van der Waals surface area contributed by atoms with Crippen molar-refractivity contribution in [3.8, 4) is 0 Å². The van der Waals surface area contributed by atoms with Crippen molar-refractivity contribution in [2.75, 3.05) is 18.9 Å². The maximum Gasteiger partial charge on any atom is 0.199 e. The number of ether oxygens (including phenoxy) is 1. The van der Waals surface area contributed by atoms with Crippen molar-refractivity contribution in [3.63, 3.8) is 0 Å². The molecule has 0 amide bonds. The second kappa shape index (κ2) is 4.86. The lowest BCUT2D eigenvalue weighted by molar-refractivity contribution is -0.169. The minimum atomic E-state index is -1.71. The van der Waals surface area contributed by atoms with Crippen molar-refractivity contribution in [2.24, 2.45) is 0 Å². The Labute approximate surface area is 118 Å².